The second-order valence-electron chi connectivity index (χ2n) is 5.38. The Balaban J connectivity index is 0.000000136. The van der Waals surface area contributed by atoms with Crippen LogP contribution in [0.1, 0.15) is 44.7 Å². The van der Waals surface area contributed by atoms with E-state index in [4.69, 9.17) is 0 Å². The van der Waals surface area contributed by atoms with Crippen LogP contribution in [0.5, 0.6) is 0 Å². The van der Waals surface area contributed by atoms with Gasteiger partial charge in [-0.2, -0.15) is 0 Å². The standard InChI is InChI=1S/C10H7BrO.C10H8O/c11-8-5-4-7-2-1-3-10(12)9(7)6-8;11-10-7-3-5-8-4-1-2-6-9(8)10/h1-2,4-6H,3H2;1-6H,7H2. The van der Waals surface area contributed by atoms with Crippen LogP contribution in [-0.4, -0.2) is 11.6 Å². The second kappa shape index (κ2) is 6.88. The van der Waals surface area contributed by atoms with Crippen molar-refractivity contribution >= 4 is 39.6 Å². The van der Waals surface area contributed by atoms with Gasteiger partial charge < -0.3 is 0 Å². The zero-order chi connectivity index (χ0) is 16.2. The molecule has 0 aliphatic heterocycles. The lowest BCUT2D eigenvalue weighted by Crippen LogP contribution is -2.03. The average molecular weight is 367 g/mol. The minimum atomic E-state index is 0.203. The maximum atomic E-state index is 11.4. The average Bonchev–Trinajstić information content (AvgIpc) is 2.57. The second-order valence-corrected chi connectivity index (χ2v) is 6.29. The summed E-state index contributed by atoms with van der Waals surface area (Å²) in [6.45, 7) is 0. The summed E-state index contributed by atoms with van der Waals surface area (Å²) < 4.78 is 0.963. The molecule has 0 amide bonds. The van der Waals surface area contributed by atoms with Crippen LogP contribution in [-0.2, 0) is 0 Å². The maximum Gasteiger partial charge on any atom is 0.167 e. The third-order valence-electron chi connectivity index (χ3n) is 3.78. The lowest BCUT2D eigenvalue weighted by Gasteiger charge is -2.08. The molecule has 0 radical (unpaired) electrons. The van der Waals surface area contributed by atoms with Gasteiger partial charge in [0.1, 0.15) is 0 Å². The predicted octanol–water partition coefficient (Wildman–Crippen LogP) is 5.33. The van der Waals surface area contributed by atoms with E-state index >= 15 is 0 Å². The van der Waals surface area contributed by atoms with Crippen molar-refractivity contribution in [3.63, 3.8) is 0 Å². The van der Waals surface area contributed by atoms with Gasteiger partial charge in [-0.05, 0) is 23.3 Å². The van der Waals surface area contributed by atoms with Crippen LogP contribution >= 0.6 is 15.9 Å². The highest BCUT2D eigenvalue weighted by Gasteiger charge is 2.12. The van der Waals surface area contributed by atoms with E-state index in [0.717, 1.165) is 26.7 Å². The van der Waals surface area contributed by atoms with E-state index in [-0.39, 0.29) is 11.6 Å². The van der Waals surface area contributed by atoms with Gasteiger partial charge in [-0.1, -0.05) is 70.6 Å². The highest BCUT2D eigenvalue weighted by atomic mass is 79.9. The van der Waals surface area contributed by atoms with Gasteiger partial charge in [-0.3, -0.25) is 9.59 Å². The largest absolute Gasteiger partial charge is 0.294 e. The fourth-order valence-electron chi connectivity index (χ4n) is 2.62. The molecule has 2 aromatic rings. The summed E-state index contributed by atoms with van der Waals surface area (Å²) in [5.74, 6) is 0.428. The molecular formula is C20H15BrO2. The number of carbonyl (C=O) groups is 2. The first-order valence-electron chi connectivity index (χ1n) is 7.43. The molecule has 2 nitrogen and oxygen atoms in total. The van der Waals surface area contributed by atoms with Crippen molar-refractivity contribution in [2.75, 3.05) is 0 Å². The number of benzene rings is 2. The molecule has 0 N–H and O–H groups in total. The van der Waals surface area contributed by atoms with E-state index in [2.05, 4.69) is 15.9 Å². The highest BCUT2D eigenvalue weighted by molar-refractivity contribution is 9.10. The number of Topliss-reactive ketones (excluding diaryl/α,β-unsaturated/α-hetero) is 2. The van der Waals surface area contributed by atoms with Crippen LogP contribution in [0.2, 0.25) is 0 Å². The molecule has 2 aromatic carbocycles. The van der Waals surface area contributed by atoms with Crippen molar-refractivity contribution in [3.05, 3.63) is 81.3 Å². The Morgan fingerprint density at radius 1 is 0.739 bits per heavy atom. The number of hydrogen-bond donors (Lipinski definition) is 0. The van der Waals surface area contributed by atoms with Crippen LogP contribution in [0.15, 0.2) is 59.1 Å². The van der Waals surface area contributed by atoms with Crippen LogP contribution in [0.25, 0.3) is 12.2 Å². The molecule has 2 aliphatic rings. The van der Waals surface area contributed by atoms with Crippen molar-refractivity contribution < 1.29 is 9.59 Å². The minimum Gasteiger partial charge on any atom is -0.294 e. The van der Waals surface area contributed by atoms with Crippen LogP contribution < -0.4 is 0 Å². The summed E-state index contributed by atoms with van der Waals surface area (Å²) in [7, 11) is 0. The Labute approximate surface area is 143 Å². The van der Waals surface area contributed by atoms with E-state index < -0.39 is 0 Å². The highest BCUT2D eigenvalue weighted by Crippen LogP contribution is 2.22. The summed E-state index contributed by atoms with van der Waals surface area (Å²) >= 11 is 3.34. The topological polar surface area (TPSA) is 34.1 Å². The van der Waals surface area contributed by atoms with Crippen molar-refractivity contribution in [2.45, 2.75) is 12.8 Å². The number of rotatable bonds is 0. The van der Waals surface area contributed by atoms with Crippen LogP contribution in [0, 0.1) is 0 Å². The molecule has 0 bridgehead atoms. The molecule has 0 spiro atoms. The third kappa shape index (κ3) is 3.57. The quantitative estimate of drug-likeness (QED) is 0.630. The zero-order valence-corrected chi connectivity index (χ0v) is 14.0. The van der Waals surface area contributed by atoms with E-state index in [0.29, 0.717) is 12.8 Å². The SMILES string of the molecule is O=C1CC=Cc2ccc(Br)cc21.O=C1CC=Cc2ccccc21. The number of halogens is 1. The fraction of sp³-hybridized carbons (Fsp3) is 0.100. The first kappa shape index (κ1) is 15.6. The summed E-state index contributed by atoms with van der Waals surface area (Å²) in [6.07, 6.45) is 8.88. The first-order chi connectivity index (χ1) is 11.1. The minimum absolute atomic E-state index is 0.203. The number of allylic oxidation sites excluding steroid dienone is 2. The number of ketones is 2. The van der Waals surface area contributed by atoms with Crippen molar-refractivity contribution in [1.82, 2.24) is 0 Å². The van der Waals surface area contributed by atoms with Gasteiger partial charge in [-0.25, -0.2) is 0 Å². The molecule has 0 heterocycles. The molecule has 0 saturated heterocycles. The molecule has 4 rings (SSSR count). The van der Waals surface area contributed by atoms with E-state index in [1.165, 1.54) is 0 Å². The van der Waals surface area contributed by atoms with Crippen LogP contribution in [0.3, 0.4) is 0 Å². The molecule has 3 heteroatoms. The zero-order valence-electron chi connectivity index (χ0n) is 12.5. The Hall–Kier alpha value is -2.26. The fourth-order valence-corrected chi connectivity index (χ4v) is 2.98. The van der Waals surface area contributed by atoms with Gasteiger partial charge in [0.15, 0.2) is 11.6 Å². The number of hydrogen-bond acceptors (Lipinski definition) is 2. The molecule has 114 valence electrons. The smallest absolute Gasteiger partial charge is 0.167 e. The Morgan fingerprint density at radius 2 is 1.35 bits per heavy atom. The lowest BCUT2D eigenvalue weighted by molar-refractivity contribution is 0.0986. The molecular weight excluding hydrogens is 352 g/mol. The van der Waals surface area contributed by atoms with Gasteiger partial charge in [0.05, 0.1) is 0 Å². The summed E-state index contributed by atoms with van der Waals surface area (Å²) in [5.41, 5.74) is 3.75. The molecule has 23 heavy (non-hydrogen) atoms. The summed E-state index contributed by atoms with van der Waals surface area (Å²) in [6, 6.07) is 13.5. The summed E-state index contributed by atoms with van der Waals surface area (Å²) in [4.78, 5) is 22.6. The van der Waals surface area contributed by atoms with Crippen LogP contribution in [0.4, 0.5) is 0 Å². The molecule has 0 aromatic heterocycles. The lowest BCUT2D eigenvalue weighted by atomic mass is 9.97. The van der Waals surface area contributed by atoms with E-state index in [1.54, 1.807) is 0 Å². The van der Waals surface area contributed by atoms with Gasteiger partial charge in [-0.15, -0.1) is 0 Å². The van der Waals surface area contributed by atoms with Crippen molar-refractivity contribution in [3.8, 4) is 0 Å². The molecule has 0 fully saturated rings. The molecule has 0 unspecified atom stereocenters. The first-order valence-corrected chi connectivity index (χ1v) is 8.22. The Bertz CT molecular complexity index is 831. The van der Waals surface area contributed by atoms with E-state index in [1.807, 2.05) is 66.8 Å². The monoisotopic (exact) mass is 366 g/mol. The van der Waals surface area contributed by atoms with E-state index in [9.17, 15) is 9.59 Å². The Morgan fingerprint density at radius 3 is 2.04 bits per heavy atom. The van der Waals surface area contributed by atoms with Crippen molar-refractivity contribution in [2.24, 2.45) is 0 Å². The molecule has 2 aliphatic carbocycles. The van der Waals surface area contributed by atoms with Gasteiger partial charge >= 0.3 is 0 Å². The van der Waals surface area contributed by atoms with Gasteiger partial charge in [0, 0.05) is 28.4 Å². The molecule has 0 atom stereocenters. The predicted molar refractivity (Wildman–Crippen MR) is 96.5 cm³/mol. The maximum absolute atomic E-state index is 11.4. The third-order valence-corrected chi connectivity index (χ3v) is 4.27. The number of fused-ring (bicyclic) bond motifs is 2. The van der Waals surface area contributed by atoms with Gasteiger partial charge in [0.2, 0.25) is 0 Å². The summed E-state index contributed by atoms with van der Waals surface area (Å²) in [5, 5.41) is 0. The van der Waals surface area contributed by atoms with Gasteiger partial charge in [0.25, 0.3) is 0 Å². The van der Waals surface area contributed by atoms with Crippen molar-refractivity contribution in [1.29, 1.82) is 0 Å². The molecule has 0 saturated carbocycles. The normalized spacial score (nSPS) is 14.7. The number of carbonyl (C=O) groups excluding carboxylic acids is 2. The Kier molecular flexibility index (Phi) is 4.68.